The third-order valence-corrected chi connectivity index (χ3v) is 5.04. The number of amides is 1. The number of carbonyl (C=O) groups is 2. The molecule has 0 radical (unpaired) electrons. The van der Waals surface area contributed by atoms with Gasteiger partial charge in [-0.2, -0.15) is 0 Å². The van der Waals surface area contributed by atoms with Crippen molar-refractivity contribution in [1.29, 1.82) is 0 Å². The van der Waals surface area contributed by atoms with Gasteiger partial charge >= 0.3 is 0 Å². The molecule has 8 heteroatoms. The van der Waals surface area contributed by atoms with E-state index in [1.807, 2.05) is 0 Å². The van der Waals surface area contributed by atoms with Crippen molar-refractivity contribution in [2.24, 2.45) is 0 Å². The lowest BCUT2D eigenvalue weighted by Crippen LogP contribution is -2.34. The monoisotopic (exact) mass is 390 g/mol. The molecule has 1 aromatic heterocycles. The molecule has 1 aliphatic carbocycles. The molecule has 6 nitrogen and oxygen atoms in total. The summed E-state index contributed by atoms with van der Waals surface area (Å²) in [6.45, 7) is 1.49. The minimum Gasteiger partial charge on any atom is -0.488 e. The molecular weight excluding hydrogens is 370 g/mol. The molecule has 2 heterocycles. The van der Waals surface area contributed by atoms with E-state index in [9.17, 15) is 18.4 Å². The summed E-state index contributed by atoms with van der Waals surface area (Å²) >= 11 is 0. The molecule has 0 bridgehead atoms. The molecule has 1 amide bonds. The molecule has 0 spiro atoms. The number of furan rings is 1. The van der Waals surface area contributed by atoms with Crippen molar-refractivity contribution in [1.82, 2.24) is 5.32 Å². The quantitative estimate of drug-likeness (QED) is 0.836. The molecule has 1 fully saturated rings. The smallest absolute Gasteiger partial charge is 0.259 e. The van der Waals surface area contributed by atoms with Crippen LogP contribution in [0.5, 0.6) is 5.75 Å². The van der Waals surface area contributed by atoms with Gasteiger partial charge in [0.25, 0.3) is 5.91 Å². The molecule has 2 aliphatic rings. The van der Waals surface area contributed by atoms with E-state index in [1.165, 1.54) is 6.26 Å². The van der Waals surface area contributed by atoms with Gasteiger partial charge in [0.05, 0.1) is 11.1 Å². The molecule has 0 atom stereocenters. The summed E-state index contributed by atoms with van der Waals surface area (Å²) in [4.78, 5) is 24.9. The summed E-state index contributed by atoms with van der Waals surface area (Å²) in [5.41, 5.74) is 0.0477. The zero-order chi connectivity index (χ0) is 19.7. The molecule has 2 aromatic rings. The van der Waals surface area contributed by atoms with Gasteiger partial charge in [-0.3, -0.25) is 9.59 Å². The zero-order valence-electron chi connectivity index (χ0n) is 15.1. The SMILES string of the molecule is O=C(Nc1c(F)cc(F)cc1OC1CCNCC1)c1coc2c1C(=O)CCC2. The van der Waals surface area contributed by atoms with Crippen LogP contribution in [0.25, 0.3) is 0 Å². The third-order valence-electron chi connectivity index (χ3n) is 5.04. The van der Waals surface area contributed by atoms with Gasteiger partial charge in [-0.1, -0.05) is 0 Å². The Bertz CT molecular complexity index is 919. The molecule has 28 heavy (non-hydrogen) atoms. The van der Waals surface area contributed by atoms with Crippen LogP contribution in [0.4, 0.5) is 14.5 Å². The van der Waals surface area contributed by atoms with E-state index < -0.39 is 17.5 Å². The number of piperidine rings is 1. The molecule has 4 rings (SSSR count). The first-order valence-corrected chi connectivity index (χ1v) is 9.34. The Hall–Kier alpha value is -2.74. The number of halogens is 2. The largest absolute Gasteiger partial charge is 0.488 e. The van der Waals surface area contributed by atoms with Gasteiger partial charge in [0.1, 0.15) is 35.4 Å². The number of benzene rings is 1. The number of nitrogens with one attached hydrogen (secondary N) is 2. The lowest BCUT2D eigenvalue weighted by molar-refractivity contribution is 0.0955. The van der Waals surface area contributed by atoms with Crippen molar-refractivity contribution < 1.29 is 27.5 Å². The Morgan fingerprint density at radius 3 is 2.79 bits per heavy atom. The fourth-order valence-corrected chi connectivity index (χ4v) is 3.63. The normalized spacial score (nSPS) is 17.3. The van der Waals surface area contributed by atoms with Crippen LogP contribution in [-0.4, -0.2) is 30.9 Å². The molecule has 0 saturated carbocycles. The van der Waals surface area contributed by atoms with E-state index in [-0.39, 0.29) is 34.5 Å². The number of fused-ring (bicyclic) bond motifs is 1. The number of carbonyl (C=O) groups excluding carboxylic acids is 2. The number of aryl methyl sites for hydroxylation is 1. The predicted molar refractivity (Wildman–Crippen MR) is 96.8 cm³/mol. The van der Waals surface area contributed by atoms with Crippen LogP contribution in [-0.2, 0) is 6.42 Å². The first-order chi connectivity index (χ1) is 13.5. The highest BCUT2D eigenvalue weighted by molar-refractivity contribution is 6.13. The second-order valence-electron chi connectivity index (χ2n) is 7.01. The Morgan fingerprint density at radius 2 is 2.00 bits per heavy atom. The van der Waals surface area contributed by atoms with Gasteiger partial charge in [0, 0.05) is 25.0 Å². The van der Waals surface area contributed by atoms with Gasteiger partial charge in [0.2, 0.25) is 0 Å². The van der Waals surface area contributed by atoms with Crippen molar-refractivity contribution in [2.75, 3.05) is 18.4 Å². The Morgan fingerprint density at radius 1 is 1.21 bits per heavy atom. The number of rotatable bonds is 4. The van der Waals surface area contributed by atoms with E-state index in [0.29, 0.717) is 43.9 Å². The van der Waals surface area contributed by atoms with E-state index >= 15 is 0 Å². The summed E-state index contributed by atoms with van der Waals surface area (Å²) < 4.78 is 39.3. The second kappa shape index (κ2) is 7.71. The molecule has 2 N–H and O–H groups in total. The van der Waals surface area contributed by atoms with Crippen LogP contribution in [0.1, 0.15) is 52.2 Å². The van der Waals surface area contributed by atoms with E-state index in [1.54, 1.807) is 0 Å². The van der Waals surface area contributed by atoms with Crippen LogP contribution >= 0.6 is 0 Å². The number of hydrogen-bond donors (Lipinski definition) is 2. The summed E-state index contributed by atoms with van der Waals surface area (Å²) in [5.74, 6) is -2.21. The molecule has 0 unspecified atom stereocenters. The maximum absolute atomic E-state index is 14.4. The summed E-state index contributed by atoms with van der Waals surface area (Å²) in [6, 6.07) is 1.73. The number of Topliss-reactive ketones (excluding diaryl/α,β-unsaturated/α-hetero) is 1. The van der Waals surface area contributed by atoms with Crippen molar-refractivity contribution in [3.63, 3.8) is 0 Å². The van der Waals surface area contributed by atoms with E-state index in [4.69, 9.17) is 9.15 Å². The van der Waals surface area contributed by atoms with Crippen molar-refractivity contribution in [3.05, 3.63) is 46.9 Å². The average molecular weight is 390 g/mol. The minimum atomic E-state index is -0.944. The lowest BCUT2D eigenvalue weighted by Gasteiger charge is -2.25. The zero-order valence-corrected chi connectivity index (χ0v) is 15.1. The topological polar surface area (TPSA) is 80.6 Å². The minimum absolute atomic E-state index is 0.0521. The third kappa shape index (κ3) is 3.64. The Labute approximate surface area is 160 Å². The standard InChI is InChI=1S/C20H20F2N2O4/c21-11-8-14(22)19(17(9-11)28-12-4-6-23-7-5-12)24-20(26)13-10-27-16-3-1-2-15(25)18(13)16/h8-10,12,23H,1-7H2,(H,24,26). The van der Waals surface area contributed by atoms with Gasteiger partial charge in [0.15, 0.2) is 11.6 Å². The number of anilines is 1. The average Bonchev–Trinajstić information content (AvgIpc) is 3.11. The molecule has 1 aliphatic heterocycles. The molecule has 148 valence electrons. The maximum atomic E-state index is 14.4. The van der Waals surface area contributed by atoms with Gasteiger partial charge in [-0.15, -0.1) is 0 Å². The maximum Gasteiger partial charge on any atom is 0.259 e. The Balaban J connectivity index is 1.61. The van der Waals surface area contributed by atoms with Crippen molar-refractivity contribution in [3.8, 4) is 5.75 Å². The molecule has 1 saturated heterocycles. The van der Waals surface area contributed by atoms with E-state index in [0.717, 1.165) is 19.2 Å². The fourth-order valence-electron chi connectivity index (χ4n) is 3.63. The number of ketones is 1. The highest BCUT2D eigenvalue weighted by Gasteiger charge is 2.29. The highest BCUT2D eigenvalue weighted by Crippen LogP contribution is 2.33. The van der Waals surface area contributed by atoms with E-state index in [2.05, 4.69) is 10.6 Å². The molecule has 1 aromatic carbocycles. The summed E-state index contributed by atoms with van der Waals surface area (Å²) in [6.07, 6.45) is 3.95. The lowest BCUT2D eigenvalue weighted by atomic mass is 9.94. The van der Waals surface area contributed by atoms with Gasteiger partial charge < -0.3 is 19.8 Å². The van der Waals surface area contributed by atoms with Crippen molar-refractivity contribution in [2.45, 2.75) is 38.2 Å². The summed E-state index contributed by atoms with van der Waals surface area (Å²) in [7, 11) is 0. The first kappa shape index (κ1) is 18.6. The van der Waals surface area contributed by atoms with Gasteiger partial charge in [-0.25, -0.2) is 8.78 Å². The second-order valence-corrected chi connectivity index (χ2v) is 7.01. The first-order valence-electron chi connectivity index (χ1n) is 9.34. The van der Waals surface area contributed by atoms with Gasteiger partial charge in [-0.05, 0) is 32.4 Å². The fraction of sp³-hybridized carbons (Fsp3) is 0.400. The van der Waals surface area contributed by atoms with Crippen LogP contribution in [0.2, 0.25) is 0 Å². The summed E-state index contributed by atoms with van der Waals surface area (Å²) in [5, 5.41) is 5.62. The Kier molecular flexibility index (Phi) is 5.13. The highest BCUT2D eigenvalue weighted by atomic mass is 19.1. The van der Waals surface area contributed by atoms with Crippen molar-refractivity contribution >= 4 is 17.4 Å². The molecular formula is C20H20F2N2O4. The number of hydrogen-bond acceptors (Lipinski definition) is 5. The predicted octanol–water partition coefficient (Wildman–Crippen LogP) is 3.46. The van der Waals surface area contributed by atoms with Crippen LogP contribution in [0, 0.1) is 11.6 Å². The number of ether oxygens (including phenoxy) is 1. The van der Waals surface area contributed by atoms with Crippen LogP contribution in [0.3, 0.4) is 0 Å². The van der Waals surface area contributed by atoms with Crippen LogP contribution in [0.15, 0.2) is 22.8 Å². The van der Waals surface area contributed by atoms with Crippen LogP contribution < -0.4 is 15.4 Å².